The molecule has 1 aromatic heterocycles. The predicted molar refractivity (Wildman–Crippen MR) is 58.8 cm³/mol. The van der Waals surface area contributed by atoms with Crippen LogP contribution in [0.15, 0.2) is 30.3 Å². The summed E-state index contributed by atoms with van der Waals surface area (Å²) < 4.78 is 39.3. The van der Waals surface area contributed by atoms with Crippen LogP contribution in [0.5, 0.6) is 0 Å². The maximum atomic E-state index is 13.3. The highest BCUT2D eigenvalue weighted by Crippen LogP contribution is 2.23. The van der Waals surface area contributed by atoms with Crippen LogP contribution in [0, 0.1) is 17.5 Å². The number of nitrogens with zero attached hydrogens (tertiary/aromatic N) is 1. The Morgan fingerprint density at radius 3 is 2.29 bits per heavy atom. The van der Waals surface area contributed by atoms with Gasteiger partial charge in [0.15, 0.2) is 11.6 Å². The largest absolute Gasteiger partial charge is 0.335 e. The van der Waals surface area contributed by atoms with Crippen LogP contribution in [0.3, 0.4) is 0 Å². The Labute approximate surface area is 100 Å². The maximum Gasteiger partial charge on any atom is 0.152 e. The highest BCUT2D eigenvalue weighted by Gasteiger charge is 2.12. The third kappa shape index (κ3) is 2.68. The molecule has 1 N–H and O–H groups in total. The molecule has 0 radical (unpaired) electrons. The summed E-state index contributed by atoms with van der Waals surface area (Å²) in [6.07, 6.45) is 0. The van der Waals surface area contributed by atoms with E-state index in [1.54, 1.807) is 6.07 Å². The van der Waals surface area contributed by atoms with E-state index in [-0.39, 0.29) is 11.0 Å². The lowest BCUT2D eigenvalue weighted by atomic mass is 10.2. The topological polar surface area (TPSA) is 24.9 Å². The van der Waals surface area contributed by atoms with Crippen molar-refractivity contribution in [2.75, 3.05) is 5.32 Å². The van der Waals surface area contributed by atoms with Crippen LogP contribution in [-0.2, 0) is 0 Å². The summed E-state index contributed by atoms with van der Waals surface area (Å²) in [5.74, 6) is -2.89. The maximum absolute atomic E-state index is 13.3. The number of halogens is 4. The molecule has 0 unspecified atom stereocenters. The average Bonchev–Trinajstić information content (AvgIpc) is 2.23. The molecule has 1 aromatic carbocycles. The summed E-state index contributed by atoms with van der Waals surface area (Å²) in [6, 6.07) is 5.72. The first kappa shape index (κ1) is 11.7. The molecule has 0 saturated heterocycles. The van der Waals surface area contributed by atoms with Crippen molar-refractivity contribution in [2.45, 2.75) is 0 Å². The quantitative estimate of drug-likeness (QED) is 0.827. The summed E-state index contributed by atoms with van der Waals surface area (Å²) in [6.45, 7) is 0. The highest BCUT2D eigenvalue weighted by atomic mass is 35.5. The molecule has 0 saturated carbocycles. The van der Waals surface area contributed by atoms with Crippen LogP contribution in [0.25, 0.3) is 0 Å². The first-order chi connectivity index (χ1) is 8.06. The Kier molecular flexibility index (Phi) is 3.19. The molecule has 0 aliphatic carbocycles. The van der Waals surface area contributed by atoms with E-state index >= 15 is 0 Å². The van der Waals surface area contributed by atoms with Crippen molar-refractivity contribution in [3.05, 3.63) is 52.9 Å². The zero-order valence-electron chi connectivity index (χ0n) is 8.35. The second-order valence-electron chi connectivity index (χ2n) is 3.21. The van der Waals surface area contributed by atoms with Crippen molar-refractivity contribution in [3.8, 4) is 0 Å². The van der Waals surface area contributed by atoms with Crippen LogP contribution in [0.1, 0.15) is 0 Å². The van der Waals surface area contributed by atoms with E-state index in [1.807, 2.05) is 0 Å². The zero-order chi connectivity index (χ0) is 12.4. The number of aromatic nitrogens is 1. The monoisotopic (exact) mass is 258 g/mol. The molecule has 2 aromatic rings. The van der Waals surface area contributed by atoms with E-state index in [2.05, 4.69) is 10.3 Å². The minimum atomic E-state index is -1.04. The van der Waals surface area contributed by atoms with E-state index in [0.717, 1.165) is 0 Å². The van der Waals surface area contributed by atoms with Crippen molar-refractivity contribution in [3.63, 3.8) is 0 Å². The van der Waals surface area contributed by atoms with Crippen LogP contribution < -0.4 is 5.32 Å². The van der Waals surface area contributed by atoms with Crippen LogP contribution in [-0.4, -0.2) is 4.98 Å². The van der Waals surface area contributed by atoms with Gasteiger partial charge >= 0.3 is 0 Å². The van der Waals surface area contributed by atoms with Crippen molar-refractivity contribution < 1.29 is 13.2 Å². The van der Waals surface area contributed by atoms with Gasteiger partial charge in [0, 0.05) is 12.1 Å². The Balaban J connectivity index is 2.36. The van der Waals surface area contributed by atoms with Crippen molar-refractivity contribution in [2.24, 2.45) is 0 Å². The molecule has 0 atom stereocenters. The lowest BCUT2D eigenvalue weighted by Crippen LogP contribution is -2.00. The minimum absolute atomic E-state index is 0.168. The molecule has 0 aliphatic heterocycles. The van der Waals surface area contributed by atoms with E-state index in [4.69, 9.17) is 11.6 Å². The molecule has 0 fully saturated rings. The molecule has 2 nitrogen and oxygen atoms in total. The first-order valence-electron chi connectivity index (χ1n) is 4.60. The van der Waals surface area contributed by atoms with Gasteiger partial charge in [-0.2, -0.15) is 0 Å². The molecule has 6 heteroatoms. The lowest BCUT2D eigenvalue weighted by Gasteiger charge is -2.08. The summed E-state index contributed by atoms with van der Waals surface area (Å²) in [5, 5.41) is 2.57. The molecule has 1 heterocycles. The van der Waals surface area contributed by atoms with E-state index in [0.29, 0.717) is 12.1 Å². The third-order valence-electron chi connectivity index (χ3n) is 1.98. The lowest BCUT2D eigenvalue weighted by molar-refractivity contribution is 0.549. The van der Waals surface area contributed by atoms with Crippen molar-refractivity contribution in [1.29, 1.82) is 0 Å². The fourth-order valence-electron chi connectivity index (χ4n) is 1.27. The standard InChI is InChI=1S/C11H6ClF3N2/c12-9-2-1-3-10(16-9)17-11-7(14)4-6(13)5-8(11)15/h1-5H,(H,16,17). The first-order valence-corrected chi connectivity index (χ1v) is 4.98. The Bertz CT molecular complexity index is 537. The summed E-state index contributed by atoms with van der Waals surface area (Å²) in [5.41, 5.74) is -0.471. The second-order valence-corrected chi connectivity index (χ2v) is 3.60. The predicted octanol–water partition coefficient (Wildman–Crippen LogP) is 3.90. The Hall–Kier alpha value is -1.75. The van der Waals surface area contributed by atoms with Crippen molar-refractivity contribution in [1.82, 2.24) is 4.98 Å². The van der Waals surface area contributed by atoms with E-state index < -0.39 is 23.1 Å². The molecular weight excluding hydrogens is 253 g/mol. The normalized spacial score (nSPS) is 10.4. The van der Waals surface area contributed by atoms with Gasteiger partial charge in [-0.3, -0.25) is 0 Å². The molecule has 17 heavy (non-hydrogen) atoms. The second kappa shape index (κ2) is 4.63. The molecule has 0 aliphatic rings. The summed E-state index contributed by atoms with van der Waals surface area (Å²) in [4.78, 5) is 3.80. The van der Waals surface area contributed by atoms with Gasteiger partial charge in [-0.15, -0.1) is 0 Å². The van der Waals surface area contributed by atoms with Gasteiger partial charge in [0.1, 0.15) is 22.5 Å². The summed E-state index contributed by atoms with van der Waals surface area (Å²) in [7, 11) is 0. The fraction of sp³-hybridized carbons (Fsp3) is 0. The van der Waals surface area contributed by atoms with Crippen LogP contribution in [0.2, 0.25) is 5.15 Å². The number of benzene rings is 1. The van der Waals surface area contributed by atoms with Gasteiger partial charge in [-0.25, -0.2) is 18.2 Å². The van der Waals surface area contributed by atoms with Crippen LogP contribution >= 0.6 is 11.6 Å². The number of pyridine rings is 1. The number of rotatable bonds is 2. The molecular formula is C11H6ClF3N2. The SMILES string of the molecule is Fc1cc(F)c(Nc2cccc(Cl)n2)c(F)c1. The van der Waals surface area contributed by atoms with Crippen LogP contribution in [0.4, 0.5) is 24.7 Å². The van der Waals surface area contributed by atoms with E-state index in [1.165, 1.54) is 12.1 Å². The molecule has 0 spiro atoms. The molecule has 0 bridgehead atoms. The van der Waals surface area contributed by atoms with Crippen molar-refractivity contribution >= 4 is 23.1 Å². The van der Waals surface area contributed by atoms with Gasteiger partial charge in [0.05, 0.1) is 0 Å². The third-order valence-corrected chi connectivity index (χ3v) is 2.19. The van der Waals surface area contributed by atoms with E-state index in [9.17, 15) is 13.2 Å². The smallest absolute Gasteiger partial charge is 0.152 e. The number of anilines is 2. The molecule has 2 rings (SSSR count). The number of hydrogen-bond acceptors (Lipinski definition) is 2. The minimum Gasteiger partial charge on any atom is -0.335 e. The Morgan fingerprint density at radius 1 is 1.06 bits per heavy atom. The zero-order valence-corrected chi connectivity index (χ0v) is 9.10. The van der Waals surface area contributed by atoms with Gasteiger partial charge < -0.3 is 5.32 Å². The average molecular weight is 259 g/mol. The molecule has 0 amide bonds. The number of nitrogens with one attached hydrogen (secondary N) is 1. The van der Waals surface area contributed by atoms with Gasteiger partial charge in [0.25, 0.3) is 0 Å². The Morgan fingerprint density at radius 2 is 1.71 bits per heavy atom. The number of hydrogen-bond donors (Lipinski definition) is 1. The fourth-order valence-corrected chi connectivity index (χ4v) is 1.43. The molecule has 88 valence electrons. The van der Waals surface area contributed by atoms with Gasteiger partial charge in [-0.05, 0) is 12.1 Å². The highest BCUT2D eigenvalue weighted by molar-refractivity contribution is 6.29. The van der Waals surface area contributed by atoms with Gasteiger partial charge in [0.2, 0.25) is 0 Å². The van der Waals surface area contributed by atoms with Gasteiger partial charge in [-0.1, -0.05) is 17.7 Å². The summed E-state index contributed by atoms with van der Waals surface area (Å²) >= 11 is 5.62.